The third kappa shape index (κ3) is 2.86. The SMILES string of the molecule is O=C(O)c1ccccc1-c1ccc(/C=C/[N+](=O)[O-])o1. The number of hydrogen-bond donors (Lipinski definition) is 1. The van der Waals surface area contributed by atoms with Gasteiger partial charge in [0.15, 0.2) is 0 Å². The predicted octanol–water partition coefficient (Wildman–Crippen LogP) is 2.89. The van der Waals surface area contributed by atoms with Gasteiger partial charge in [0.05, 0.1) is 16.6 Å². The topological polar surface area (TPSA) is 93.6 Å². The second-order valence-electron chi connectivity index (χ2n) is 3.65. The van der Waals surface area contributed by atoms with E-state index in [-0.39, 0.29) is 11.3 Å². The molecule has 19 heavy (non-hydrogen) atoms. The summed E-state index contributed by atoms with van der Waals surface area (Å²) in [7, 11) is 0. The zero-order chi connectivity index (χ0) is 13.8. The second-order valence-corrected chi connectivity index (χ2v) is 3.65. The lowest BCUT2D eigenvalue weighted by molar-refractivity contribution is -0.401. The van der Waals surface area contributed by atoms with Crippen molar-refractivity contribution in [3.8, 4) is 11.3 Å². The molecule has 2 aromatic rings. The highest BCUT2D eigenvalue weighted by Gasteiger charge is 2.13. The van der Waals surface area contributed by atoms with E-state index in [4.69, 9.17) is 9.52 Å². The fourth-order valence-electron chi connectivity index (χ4n) is 1.61. The monoisotopic (exact) mass is 259 g/mol. The Morgan fingerprint density at radius 1 is 1.26 bits per heavy atom. The van der Waals surface area contributed by atoms with E-state index in [9.17, 15) is 14.9 Å². The van der Waals surface area contributed by atoms with E-state index < -0.39 is 10.9 Å². The van der Waals surface area contributed by atoms with Crippen LogP contribution in [0, 0.1) is 10.1 Å². The molecule has 0 saturated heterocycles. The Hall–Kier alpha value is -2.89. The van der Waals surface area contributed by atoms with Crippen molar-refractivity contribution >= 4 is 12.0 Å². The van der Waals surface area contributed by atoms with Gasteiger partial charge in [0.2, 0.25) is 6.20 Å². The van der Waals surface area contributed by atoms with Crippen LogP contribution in [0.5, 0.6) is 0 Å². The Morgan fingerprint density at radius 3 is 2.68 bits per heavy atom. The van der Waals surface area contributed by atoms with Crippen LogP contribution in [0.3, 0.4) is 0 Å². The Kier molecular flexibility index (Phi) is 3.42. The molecule has 1 aromatic heterocycles. The molecular formula is C13H9NO5. The minimum Gasteiger partial charge on any atom is -0.478 e. The standard InChI is InChI=1S/C13H9NO5/c15-13(16)11-4-2-1-3-10(11)12-6-5-9(19-12)7-8-14(17)18/h1-8H,(H,15,16)/b8-7+. The zero-order valence-electron chi connectivity index (χ0n) is 9.65. The van der Waals surface area contributed by atoms with E-state index in [0.29, 0.717) is 11.3 Å². The van der Waals surface area contributed by atoms with Crippen LogP contribution in [0.25, 0.3) is 17.4 Å². The van der Waals surface area contributed by atoms with Gasteiger partial charge in [-0.25, -0.2) is 4.79 Å². The van der Waals surface area contributed by atoms with Crippen LogP contribution >= 0.6 is 0 Å². The molecule has 96 valence electrons. The van der Waals surface area contributed by atoms with Crippen LogP contribution in [0.2, 0.25) is 0 Å². The van der Waals surface area contributed by atoms with Gasteiger partial charge in [-0.2, -0.15) is 0 Å². The molecule has 1 heterocycles. The number of carbonyl (C=O) groups is 1. The van der Waals surface area contributed by atoms with E-state index in [0.717, 1.165) is 6.20 Å². The molecule has 6 heteroatoms. The van der Waals surface area contributed by atoms with Gasteiger partial charge >= 0.3 is 5.97 Å². The quantitative estimate of drug-likeness (QED) is 0.673. The smallest absolute Gasteiger partial charge is 0.336 e. The molecule has 0 aliphatic heterocycles. The average Bonchev–Trinajstić information content (AvgIpc) is 2.85. The number of carboxylic acids is 1. The lowest BCUT2D eigenvalue weighted by Crippen LogP contribution is -1.98. The van der Waals surface area contributed by atoms with Gasteiger partial charge < -0.3 is 9.52 Å². The molecule has 1 N–H and O–H groups in total. The van der Waals surface area contributed by atoms with Gasteiger partial charge in [-0.15, -0.1) is 0 Å². The minimum atomic E-state index is -1.06. The maximum Gasteiger partial charge on any atom is 0.336 e. The minimum absolute atomic E-state index is 0.113. The molecule has 0 atom stereocenters. The summed E-state index contributed by atoms with van der Waals surface area (Å²) in [5.74, 6) is -0.428. The maximum atomic E-state index is 11.1. The van der Waals surface area contributed by atoms with Crippen molar-refractivity contribution < 1.29 is 19.2 Å². The molecule has 0 amide bonds. The number of aromatic carboxylic acids is 1. The van der Waals surface area contributed by atoms with Crippen LogP contribution in [0.4, 0.5) is 0 Å². The van der Waals surface area contributed by atoms with E-state index in [2.05, 4.69) is 0 Å². The molecule has 6 nitrogen and oxygen atoms in total. The summed E-state index contributed by atoms with van der Waals surface area (Å²) in [5, 5.41) is 19.3. The number of benzene rings is 1. The lowest BCUT2D eigenvalue weighted by Gasteiger charge is -2.01. The number of hydrogen-bond acceptors (Lipinski definition) is 4. The van der Waals surface area contributed by atoms with Gasteiger partial charge in [-0.3, -0.25) is 10.1 Å². The number of rotatable bonds is 4. The molecule has 0 unspecified atom stereocenters. The largest absolute Gasteiger partial charge is 0.478 e. The number of furan rings is 1. The van der Waals surface area contributed by atoms with Crippen molar-refractivity contribution in [3.63, 3.8) is 0 Å². The van der Waals surface area contributed by atoms with Crippen LogP contribution < -0.4 is 0 Å². The van der Waals surface area contributed by atoms with Crippen molar-refractivity contribution in [2.45, 2.75) is 0 Å². The van der Waals surface area contributed by atoms with E-state index in [1.54, 1.807) is 24.3 Å². The predicted molar refractivity (Wildman–Crippen MR) is 67.1 cm³/mol. The number of carboxylic acid groups (broad SMARTS) is 1. The van der Waals surface area contributed by atoms with E-state index in [1.165, 1.54) is 18.2 Å². The molecule has 0 aliphatic carbocycles. The van der Waals surface area contributed by atoms with Crippen LogP contribution in [0.1, 0.15) is 16.1 Å². The fraction of sp³-hybridized carbons (Fsp3) is 0. The van der Waals surface area contributed by atoms with Crippen LogP contribution in [-0.4, -0.2) is 16.0 Å². The highest BCUT2D eigenvalue weighted by molar-refractivity contribution is 5.95. The molecule has 1 aromatic carbocycles. The average molecular weight is 259 g/mol. The highest BCUT2D eigenvalue weighted by Crippen LogP contribution is 2.26. The van der Waals surface area contributed by atoms with Crippen LogP contribution in [0.15, 0.2) is 47.0 Å². The van der Waals surface area contributed by atoms with Gasteiger partial charge in [0.1, 0.15) is 11.5 Å². The summed E-state index contributed by atoms with van der Waals surface area (Å²) in [6.07, 6.45) is 1.96. The number of nitro groups is 1. The summed E-state index contributed by atoms with van der Waals surface area (Å²) >= 11 is 0. The maximum absolute atomic E-state index is 11.1. The van der Waals surface area contributed by atoms with E-state index >= 15 is 0 Å². The molecule has 0 aliphatic rings. The molecule has 0 bridgehead atoms. The summed E-state index contributed by atoms with van der Waals surface area (Å²) in [5.41, 5.74) is 0.539. The highest BCUT2D eigenvalue weighted by atomic mass is 16.6. The molecule has 0 spiro atoms. The first kappa shape index (κ1) is 12.6. The third-order valence-electron chi connectivity index (χ3n) is 2.41. The molecular weight excluding hydrogens is 250 g/mol. The lowest BCUT2D eigenvalue weighted by atomic mass is 10.1. The second kappa shape index (κ2) is 5.18. The van der Waals surface area contributed by atoms with Crippen LogP contribution in [-0.2, 0) is 0 Å². The molecule has 2 rings (SSSR count). The van der Waals surface area contributed by atoms with Gasteiger partial charge in [0.25, 0.3) is 0 Å². The Balaban J connectivity index is 2.38. The Morgan fingerprint density at radius 2 is 2.00 bits per heavy atom. The molecule has 0 radical (unpaired) electrons. The van der Waals surface area contributed by atoms with Crippen molar-refractivity contribution in [1.29, 1.82) is 0 Å². The summed E-state index contributed by atoms with van der Waals surface area (Å²) in [6.45, 7) is 0. The summed E-state index contributed by atoms with van der Waals surface area (Å²) in [4.78, 5) is 20.7. The zero-order valence-corrected chi connectivity index (χ0v) is 9.65. The molecule has 0 fully saturated rings. The molecule has 0 saturated carbocycles. The first-order chi connectivity index (χ1) is 9.08. The van der Waals surface area contributed by atoms with Crippen molar-refractivity contribution in [1.82, 2.24) is 0 Å². The third-order valence-corrected chi connectivity index (χ3v) is 2.41. The normalized spacial score (nSPS) is 10.7. The summed E-state index contributed by atoms with van der Waals surface area (Å²) in [6, 6.07) is 9.49. The van der Waals surface area contributed by atoms with Crippen molar-refractivity contribution in [3.05, 3.63) is 64.0 Å². The fourth-order valence-corrected chi connectivity index (χ4v) is 1.61. The van der Waals surface area contributed by atoms with Crippen molar-refractivity contribution in [2.24, 2.45) is 0 Å². The number of nitrogens with zero attached hydrogens (tertiary/aromatic N) is 1. The first-order valence-electron chi connectivity index (χ1n) is 5.32. The summed E-state index contributed by atoms with van der Waals surface area (Å²) < 4.78 is 5.36. The van der Waals surface area contributed by atoms with Crippen molar-refractivity contribution in [2.75, 3.05) is 0 Å². The first-order valence-corrected chi connectivity index (χ1v) is 5.32. The Labute approximate surface area is 107 Å². The van der Waals surface area contributed by atoms with E-state index in [1.807, 2.05) is 0 Å². The van der Waals surface area contributed by atoms with Gasteiger partial charge in [-0.1, -0.05) is 18.2 Å². The Bertz CT molecular complexity index is 657. The van der Waals surface area contributed by atoms with Gasteiger partial charge in [0, 0.05) is 5.56 Å². The van der Waals surface area contributed by atoms with Gasteiger partial charge in [-0.05, 0) is 18.2 Å².